The van der Waals surface area contributed by atoms with Crippen molar-refractivity contribution in [3.05, 3.63) is 0 Å². The van der Waals surface area contributed by atoms with Crippen molar-refractivity contribution < 1.29 is 0 Å². The topological polar surface area (TPSA) is 0 Å². The Bertz CT molecular complexity index is 168. The zero-order valence-corrected chi connectivity index (χ0v) is 11.6. The fraction of sp³-hybridized carbons (Fsp3) is 1.00. The minimum atomic E-state index is -1.49. The Morgan fingerprint density at radius 1 is 0.833 bits per heavy atom. The van der Waals surface area contributed by atoms with Gasteiger partial charge in [-0.2, -0.15) is 0 Å². The zero-order chi connectivity index (χ0) is 8.77. The Morgan fingerprint density at radius 2 is 1.42 bits per heavy atom. The molecule has 0 amide bonds. The molecule has 0 saturated heterocycles. The summed E-state index contributed by atoms with van der Waals surface area (Å²) in [7, 11) is 0. The van der Waals surface area contributed by atoms with E-state index in [1.54, 1.807) is 32.1 Å². The van der Waals surface area contributed by atoms with Crippen molar-refractivity contribution in [3.8, 4) is 0 Å². The van der Waals surface area contributed by atoms with Crippen molar-refractivity contribution in [2.75, 3.05) is 0 Å². The SMILES string of the molecule is [CH3][Sn]([CH3])([CH3])[CH]1CCC2CCC2C1. The third kappa shape index (κ3) is 1.69. The van der Waals surface area contributed by atoms with Crippen LogP contribution in [0.15, 0.2) is 0 Å². The summed E-state index contributed by atoms with van der Waals surface area (Å²) in [6, 6.07) is 0. The fourth-order valence-corrected chi connectivity index (χ4v) is 8.84. The van der Waals surface area contributed by atoms with Gasteiger partial charge in [0.1, 0.15) is 0 Å². The van der Waals surface area contributed by atoms with Crippen LogP contribution >= 0.6 is 0 Å². The van der Waals surface area contributed by atoms with E-state index in [4.69, 9.17) is 0 Å². The molecule has 0 aromatic rings. The molecular formula is C11H22Sn. The van der Waals surface area contributed by atoms with Gasteiger partial charge in [-0.3, -0.25) is 0 Å². The predicted octanol–water partition coefficient (Wildman–Crippen LogP) is 3.90. The number of hydrogen-bond donors (Lipinski definition) is 0. The van der Waals surface area contributed by atoms with Crippen LogP contribution in [0.5, 0.6) is 0 Å². The van der Waals surface area contributed by atoms with Gasteiger partial charge in [0.05, 0.1) is 0 Å². The molecule has 2 aliphatic carbocycles. The Hall–Kier alpha value is 0.799. The third-order valence-corrected chi connectivity index (χ3v) is 12.8. The van der Waals surface area contributed by atoms with Crippen molar-refractivity contribution in [2.24, 2.45) is 11.8 Å². The van der Waals surface area contributed by atoms with Crippen LogP contribution in [0.3, 0.4) is 0 Å². The summed E-state index contributed by atoms with van der Waals surface area (Å²) in [6.45, 7) is 0. The Labute approximate surface area is 81.0 Å². The normalized spacial score (nSPS) is 41.8. The molecule has 2 saturated carbocycles. The molecular weight excluding hydrogens is 251 g/mol. The molecule has 0 aromatic heterocycles. The summed E-state index contributed by atoms with van der Waals surface area (Å²) in [6.07, 6.45) is 7.95. The monoisotopic (exact) mass is 274 g/mol. The first-order valence-corrected chi connectivity index (χ1v) is 15.8. The summed E-state index contributed by atoms with van der Waals surface area (Å²) < 4.78 is 1.22. The van der Waals surface area contributed by atoms with Crippen molar-refractivity contribution in [1.29, 1.82) is 0 Å². The second-order valence-electron chi connectivity index (χ2n) is 5.97. The molecule has 1 heteroatoms. The molecule has 3 unspecified atom stereocenters. The van der Waals surface area contributed by atoms with Crippen molar-refractivity contribution in [2.45, 2.75) is 50.9 Å². The fourth-order valence-electron chi connectivity index (χ4n) is 3.01. The van der Waals surface area contributed by atoms with Gasteiger partial charge in [0, 0.05) is 0 Å². The number of fused-ring (bicyclic) bond motifs is 1. The van der Waals surface area contributed by atoms with Gasteiger partial charge >= 0.3 is 81.1 Å². The Kier molecular flexibility index (Phi) is 2.48. The van der Waals surface area contributed by atoms with E-state index in [1.165, 1.54) is 15.8 Å². The first kappa shape index (κ1) is 9.36. The van der Waals surface area contributed by atoms with Crippen LogP contribution in [0.25, 0.3) is 0 Å². The van der Waals surface area contributed by atoms with E-state index in [1.807, 2.05) is 0 Å². The first-order chi connectivity index (χ1) is 5.57. The van der Waals surface area contributed by atoms with Gasteiger partial charge < -0.3 is 0 Å². The summed E-state index contributed by atoms with van der Waals surface area (Å²) in [5.41, 5.74) is 0. The molecule has 3 atom stereocenters. The molecule has 0 heterocycles. The molecule has 70 valence electrons. The molecule has 0 radical (unpaired) electrons. The molecule has 0 aromatic carbocycles. The van der Waals surface area contributed by atoms with E-state index >= 15 is 0 Å². The van der Waals surface area contributed by atoms with Crippen LogP contribution in [0.1, 0.15) is 32.1 Å². The van der Waals surface area contributed by atoms with Crippen LogP contribution in [0.2, 0.25) is 18.8 Å². The Morgan fingerprint density at radius 3 is 1.83 bits per heavy atom. The maximum absolute atomic E-state index is 2.62. The van der Waals surface area contributed by atoms with Crippen molar-refractivity contribution >= 4 is 18.4 Å². The van der Waals surface area contributed by atoms with Gasteiger partial charge in [0.25, 0.3) is 0 Å². The van der Waals surface area contributed by atoms with E-state index in [0.717, 1.165) is 0 Å². The molecule has 2 fully saturated rings. The van der Waals surface area contributed by atoms with E-state index in [2.05, 4.69) is 14.8 Å². The van der Waals surface area contributed by atoms with Crippen LogP contribution in [0.4, 0.5) is 0 Å². The molecule has 12 heavy (non-hydrogen) atoms. The van der Waals surface area contributed by atoms with Gasteiger partial charge in [-0.1, -0.05) is 0 Å². The maximum atomic E-state index is 2.62. The van der Waals surface area contributed by atoms with Gasteiger partial charge in [-0.05, 0) is 0 Å². The number of rotatable bonds is 1. The second kappa shape index (κ2) is 3.18. The second-order valence-corrected chi connectivity index (χ2v) is 21.8. The van der Waals surface area contributed by atoms with Gasteiger partial charge in [-0.25, -0.2) is 0 Å². The molecule has 0 N–H and O–H groups in total. The Balaban J connectivity index is 1.94. The molecule has 2 aliphatic rings. The first-order valence-electron chi connectivity index (χ1n) is 5.57. The van der Waals surface area contributed by atoms with Gasteiger partial charge in [0.2, 0.25) is 0 Å². The van der Waals surface area contributed by atoms with Gasteiger partial charge in [0.15, 0.2) is 0 Å². The average Bonchev–Trinajstić information content (AvgIpc) is 1.89. The van der Waals surface area contributed by atoms with E-state index in [9.17, 15) is 0 Å². The summed E-state index contributed by atoms with van der Waals surface area (Å²) in [4.78, 5) is 7.87. The molecule has 2 rings (SSSR count). The van der Waals surface area contributed by atoms with E-state index in [0.29, 0.717) is 0 Å². The van der Waals surface area contributed by atoms with Crippen LogP contribution < -0.4 is 0 Å². The van der Waals surface area contributed by atoms with Crippen LogP contribution in [0, 0.1) is 11.8 Å². The number of hydrogen-bond acceptors (Lipinski definition) is 0. The van der Waals surface area contributed by atoms with Crippen LogP contribution in [-0.2, 0) is 0 Å². The predicted molar refractivity (Wildman–Crippen MR) is 57.2 cm³/mol. The quantitative estimate of drug-likeness (QED) is 0.635. The van der Waals surface area contributed by atoms with E-state index in [-0.39, 0.29) is 0 Å². The third-order valence-electron chi connectivity index (χ3n) is 4.27. The molecule has 0 nitrogen and oxygen atoms in total. The minimum absolute atomic E-state index is 1.18. The van der Waals surface area contributed by atoms with Gasteiger partial charge in [-0.15, -0.1) is 0 Å². The average molecular weight is 273 g/mol. The van der Waals surface area contributed by atoms with Crippen molar-refractivity contribution in [1.82, 2.24) is 0 Å². The summed E-state index contributed by atoms with van der Waals surface area (Å²) in [5, 5.41) is 0. The summed E-state index contributed by atoms with van der Waals surface area (Å²) in [5.74, 6) is 2.36. The molecule has 0 aliphatic heterocycles. The van der Waals surface area contributed by atoms with E-state index < -0.39 is 18.4 Å². The zero-order valence-electron chi connectivity index (χ0n) is 8.77. The van der Waals surface area contributed by atoms with Crippen molar-refractivity contribution in [3.63, 3.8) is 0 Å². The standard InChI is InChI=1S/C8H13.3CH3.Sn/c1-2-4-8-6-5-7(8)3-1;;;;/h1,7-8H,2-6H2;3*1H3;. The summed E-state index contributed by atoms with van der Waals surface area (Å²) >= 11 is -1.49. The molecule has 0 spiro atoms. The van der Waals surface area contributed by atoms with Crippen LogP contribution in [-0.4, -0.2) is 18.4 Å². The molecule has 0 bridgehead atoms.